The van der Waals surface area contributed by atoms with Crippen molar-refractivity contribution in [2.24, 2.45) is 5.92 Å². The van der Waals surface area contributed by atoms with E-state index in [0.29, 0.717) is 13.2 Å². The van der Waals surface area contributed by atoms with Crippen molar-refractivity contribution < 1.29 is 29.3 Å². The highest BCUT2D eigenvalue weighted by molar-refractivity contribution is 5.86. The molecule has 0 saturated heterocycles. The summed E-state index contributed by atoms with van der Waals surface area (Å²) in [7, 11) is 1.53. The zero-order valence-corrected chi connectivity index (χ0v) is 10.3. The van der Waals surface area contributed by atoms with E-state index in [1.54, 1.807) is 0 Å². The lowest BCUT2D eigenvalue weighted by molar-refractivity contribution is -0.145. The SMILES string of the molecule is COCC(C)CNC(=O)N[C@H](CC(=O)O)C(=O)O. The lowest BCUT2D eigenvalue weighted by Gasteiger charge is -2.15. The number of hydrogen-bond donors (Lipinski definition) is 4. The number of ether oxygens (including phenoxy) is 1. The number of carbonyl (C=O) groups excluding carboxylic acids is 1. The van der Waals surface area contributed by atoms with Crippen molar-refractivity contribution in [3.8, 4) is 0 Å². The van der Waals surface area contributed by atoms with Crippen LogP contribution in [0.2, 0.25) is 0 Å². The molecule has 0 fully saturated rings. The standard InChI is InChI=1S/C10H18N2O6/c1-6(5-18-2)4-11-10(17)12-7(9(15)16)3-8(13)14/h6-7H,3-5H2,1-2H3,(H,13,14)(H,15,16)(H2,11,12,17)/t6?,7-/m1/s1. The lowest BCUT2D eigenvalue weighted by Crippen LogP contribution is -2.48. The van der Waals surface area contributed by atoms with Crippen LogP contribution in [0, 0.1) is 5.92 Å². The molecule has 8 heteroatoms. The van der Waals surface area contributed by atoms with Gasteiger partial charge in [0, 0.05) is 13.7 Å². The van der Waals surface area contributed by atoms with Crippen molar-refractivity contribution in [3.05, 3.63) is 0 Å². The highest BCUT2D eigenvalue weighted by atomic mass is 16.5. The molecule has 0 spiro atoms. The predicted octanol–water partition coefficient (Wildman–Crippen LogP) is -0.504. The highest BCUT2D eigenvalue weighted by Gasteiger charge is 2.22. The van der Waals surface area contributed by atoms with Crippen molar-refractivity contribution in [2.45, 2.75) is 19.4 Å². The Morgan fingerprint density at radius 2 is 1.89 bits per heavy atom. The number of hydrogen-bond acceptors (Lipinski definition) is 4. The van der Waals surface area contributed by atoms with Gasteiger partial charge in [0.15, 0.2) is 0 Å². The molecule has 1 unspecified atom stereocenters. The van der Waals surface area contributed by atoms with E-state index >= 15 is 0 Å². The van der Waals surface area contributed by atoms with Gasteiger partial charge in [0.1, 0.15) is 6.04 Å². The molecule has 18 heavy (non-hydrogen) atoms. The van der Waals surface area contributed by atoms with E-state index in [4.69, 9.17) is 14.9 Å². The molecular formula is C10H18N2O6. The number of carbonyl (C=O) groups is 3. The number of urea groups is 1. The monoisotopic (exact) mass is 262 g/mol. The third-order valence-corrected chi connectivity index (χ3v) is 2.04. The number of amides is 2. The topological polar surface area (TPSA) is 125 Å². The zero-order chi connectivity index (χ0) is 14.1. The summed E-state index contributed by atoms with van der Waals surface area (Å²) in [5.74, 6) is -2.61. The summed E-state index contributed by atoms with van der Waals surface area (Å²) in [4.78, 5) is 32.4. The van der Waals surface area contributed by atoms with Crippen LogP contribution in [0.25, 0.3) is 0 Å². The van der Waals surface area contributed by atoms with Gasteiger partial charge in [-0.25, -0.2) is 9.59 Å². The first-order chi connectivity index (χ1) is 8.36. The molecule has 0 heterocycles. The van der Waals surface area contributed by atoms with Crippen LogP contribution < -0.4 is 10.6 Å². The Bertz CT molecular complexity index is 307. The molecule has 0 bridgehead atoms. The van der Waals surface area contributed by atoms with E-state index in [0.717, 1.165) is 0 Å². The molecule has 0 aliphatic heterocycles. The maximum absolute atomic E-state index is 11.3. The fraction of sp³-hybridized carbons (Fsp3) is 0.700. The minimum Gasteiger partial charge on any atom is -0.481 e. The van der Waals surface area contributed by atoms with E-state index in [1.165, 1.54) is 7.11 Å². The van der Waals surface area contributed by atoms with Crippen molar-refractivity contribution in [1.82, 2.24) is 10.6 Å². The molecule has 4 N–H and O–H groups in total. The normalized spacial score (nSPS) is 13.4. The number of rotatable bonds is 8. The van der Waals surface area contributed by atoms with E-state index in [9.17, 15) is 14.4 Å². The van der Waals surface area contributed by atoms with Gasteiger partial charge in [-0.15, -0.1) is 0 Å². The second-order valence-electron chi connectivity index (χ2n) is 3.90. The molecule has 0 aromatic rings. The highest BCUT2D eigenvalue weighted by Crippen LogP contribution is 1.94. The molecule has 104 valence electrons. The fourth-order valence-electron chi connectivity index (χ4n) is 1.19. The van der Waals surface area contributed by atoms with Crippen LogP contribution in [0.1, 0.15) is 13.3 Å². The van der Waals surface area contributed by atoms with Crippen molar-refractivity contribution >= 4 is 18.0 Å². The van der Waals surface area contributed by atoms with Gasteiger partial charge in [0.2, 0.25) is 0 Å². The van der Waals surface area contributed by atoms with Crippen LogP contribution in [0.4, 0.5) is 4.79 Å². The largest absolute Gasteiger partial charge is 0.481 e. The molecule has 0 aliphatic rings. The molecule has 0 rings (SSSR count). The van der Waals surface area contributed by atoms with E-state index in [1.807, 2.05) is 6.92 Å². The summed E-state index contributed by atoms with van der Waals surface area (Å²) in [5.41, 5.74) is 0. The summed E-state index contributed by atoms with van der Waals surface area (Å²) >= 11 is 0. The number of carboxylic acid groups (broad SMARTS) is 2. The average Bonchev–Trinajstić information content (AvgIpc) is 2.25. The first-order valence-electron chi connectivity index (χ1n) is 5.34. The molecule has 8 nitrogen and oxygen atoms in total. The Morgan fingerprint density at radius 3 is 2.33 bits per heavy atom. The third-order valence-electron chi connectivity index (χ3n) is 2.04. The minimum atomic E-state index is -1.44. The number of aliphatic carboxylic acids is 2. The molecule has 0 aromatic heterocycles. The van der Waals surface area contributed by atoms with Crippen molar-refractivity contribution in [3.63, 3.8) is 0 Å². The molecule has 0 aromatic carbocycles. The quantitative estimate of drug-likeness (QED) is 0.467. The number of nitrogens with one attached hydrogen (secondary N) is 2. The van der Waals surface area contributed by atoms with Gasteiger partial charge in [0.25, 0.3) is 0 Å². The van der Waals surface area contributed by atoms with Gasteiger partial charge in [-0.2, -0.15) is 0 Å². The summed E-state index contributed by atoms with van der Waals surface area (Å²) in [6, 6.07) is -2.16. The van der Waals surface area contributed by atoms with Crippen LogP contribution in [0.5, 0.6) is 0 Å². The second-order valence-corrected chi connectivity index (χ2v) is 3.90. The minimum absolute atomic E-state index is 0.0727. The Hall–Kier alpha value is -1.83. The summed E-state index contributed by atoms with van der Waals surface area (Å²) in [6.45, 7) is 2.60. The lowest BCUT2D eigenvalue weighted by atomic mass is 10.2. The molecule has 2 amide bonds. The number of carboxylic acids is 2. The van der Waals surface area contributed by atoms with E-state index in [-0.39, 0.29) is 5.92 Å². The first-order valence-corrected chi connectivity index (χ1v) is 5.34. The summed E-state index contributed by atoms with van der Waals surface area (Å²) in [5, 5.41) is 21.7. The predicted molar refractivity (Wildman–Crippen MR) is 61.3 cm³/mol. The van der Waals surface area contributed by atoms with Gasteiger partial charge in [-0.05, 0) is 5.92 Å². The summed E-state index contributed by atoms with van der Waals surface area (Å²) in [6.07, 6.45) is -0.670. The van der Waals surface area contributed by atoms with Crippen molar-refractivity contribution in [2.75, 3.05) is 20.3 Å². The molecular weight excluding hydrogens is 244 g/mol. The van der Waals surface area contributed by atoms with E-state index in [2.05, 4.69) is 10.6 Å². The Labute approximate surface area is 104 Å². The smallest absolute Gasteiger partial charge is 0.326 e. The molecule has 2 atom stereocenters. The van der Waals surface area contributed by atoms with Crippen LogP contribution >= 0.6 is 0 Å². The first kappa shape index (κ1) is 16.2. The van der Waals surface area contributed by atoms with Gasteiger partial charge in [-0.1, -0.05) is 6.92 Å². The van der Waals surface area contributed by atoms with E-state index < -0.39 is 30.4 Å². The Morgan fingerprint density at radius 1 is 1.28 bits per heavy atom. The average molecular weight is 262 g/mol. The fourth-order valence-corrected chi connectivity index (χ4v) is 1.19. The Kier molecular flexibility index (Phi) is 7.45. The maximum atomic E-state index is 11.3. The second kappa shape index (κ2) is 8.29. The maximum Gasteiger partial charge on any atom is 0.326 e. The van der Waals surface area contributed by atoms with Gasteiger partial charge in [-0.3, -0.25) is 4.79 Å². The van der Waals surface area contributed by atoms with Gasteiger partial charge >= 0.3 is 18.0 Å². The Balaban J connectivity index is 4.10. The summed E-state index contributed by atoms with van der Waals surface area (Å²) < 4.78 is 4.86. The molecule has 0 radical (unpaired) electrons. The third kappa shape index (κ3) is 7.44. The van der Waals surface area contributed by atoms with Gasteiger partial charge < -0.3 is 25.6 Å². The molecule has 0 aliphatic carbocycles. The number of methoxy groups -OCH3 is 1. The van der Waals surface area contributed by atoms with Crippen molar-refractivity contribution in [1.29, 1.82) is 0 Å². The van der Waals surface area contributed by atoms with Crippen LogP contribution in [0.3, 0.4) is 0 Å². The van der Waals surface area contributed by atoms with Crippen LogP contribution in [-0.2, 0) is 14.3 Å². The zero-order valence-electron chi connectivity index (χ0n) is 10.3. The van der Waals surface area contributed by atoms with Crippen LogP contribution in [-0.4, -0.2) is 54.5 Å². The van der Waals surface area contributed by atoms with Crippen LogP contribution in [0.15, 0.2) is 0 Å². The van der Waals surface area contributed by atoms with Gasteiger partial charge in [0.05, 0.1) is 13.0 Å². The molecule has 0 saturated carbocycles.